The van der Waals surface area contributed by atoms with Gasteiger partial charge in [0.05, 0.1) is 5.69 Å². The summed E-state index contributed by atoms with van der Waals surface area (Å²) in [6.07, 6.45) is 1.22. The van der Waals surface area contributed by atoms with Crippen molar-refractivity contribution in [2.75, 3.05) is 0 Å². The van der Waals surface area contributed by atoms with Gasteiger partial charge < -0.3 is 5.11 Å². The van der Waals surface area contributed by atoms with Crippen LogP contribution in [0.25, 0.3) is 11.3 Å². The van der Waals surface area contributed by atoms with Crippen LogP contribution in [0.5, 0.6) is 0 Å². The minimum atomic E-state index is -1.08. The first-order valence-electron chi connectivity index (χ1n) is 4.48. The second-order valence-corrected chi connectivity index (χ2v) is 3.54. The number of halogens is 1. The van der Waals surface area contributed by atoms with Crippen LogP contribution in [0.1, 0.15) is 10.5 Å². The van der Waals surface area contributed by atoms with E-state index < -0.39 is 5.97 Å². The molecule has 0 saturated carbocycles. The van der Waals surface area contributed by atoms with Crippen molar-refractivity contribution in [1.29, 1.82) is 0 Å². The van der Waals surface area contributed by atoms with Gasteiger partial charge >= 0.3 is 5.97 Å². The predicted octanol–water partition coefficient (Wildman–Crippen LogP) is 2.11. The van der Waals surface area contributed by atoms with Crippen LogP contribution in [0.15, 0.2) is 36.7 Å². The molecule has 0 amide bonds. The molecule has 1 heterocycles. The van der Waals surface area contributed by atoms with Crippen molar-refractivity contribution in [2.24, 2.45) is 0 Å². The second-order valence-electron chi connectivity index (χ2n) is 3.10. The van der Waals surface area contributed by atoms with E-state index in [4.69, 9.17) is 16.7 Å². The van der Waals surface area contributed by atoms with E-state index >= 15 is 0 Å². The summed E-state index contributed by atoms with van der Waals surface area (Å²) in [6.45, 7) is 0. The molecular formula is C11H7ClN2NaO2. The summed E-state index contributed by atoms with van der Waals surface area (Å²) in [5, 5.41) is 9.37. The molecule has 0 saturated heterocycles. The van der Waals surface area contributed by atoms with Crippen molar-refractivity contribution < 1.29 is 9.90 Å². The normalized spacial score (nSPS) is 9.47. The van der Waals surface area contributed by atoms with E-state index in [0.717, 1.165) is 5.56 Å². The molecule has 0 aliphatic rings. The minimum absolute atomic E-state index is 0. The van der Waals surface area contributed by atoms with Crippen LogP contribution in [-0.2, 0) is 0 Å². The minimum Gasteiger partial charge on any atom is -0.477 e. The standard InChI is InChI=1S/C11H7ClN2O2.Na/c12-8-3-1-2-7(4-8)9-5-10(11(15)16)14-6-13-9;/h1-6H,(H,15,16);. The zero-order valence-electron chi connectivity index (χ0n) is 9.09. The molecular weight excluding hydrogens is 251 g/mol. The average Bonchev–Trinajstić information content (AvgIpc) is 2.29. The Hall–Kier alpha value is -0.940. The topological polar surface area (TPSA) is 63.1 Å². The van der Waals surface area contributed by atoms with Gasteiger partial charge in [0.15, 0.2) is 5.69 Å². The molecule has 0 aliphatic carbocycles. The van der Waals surface area contributed by atoms with Gasteiger partial charge in [-0.2, -0.15) is 0 Å². The Morgan fingerprint density at radius 1 is 1.24 bits per heavy atom. The first-order chi connectivity index (χ1) is 7.66. The van der Waals surface area contributed by atoms with Crippen molar-refractivity contribution in [3.8, 4) is 11.3 Å². The average molecular weight is 258 g/mol. The third-order valence-corrected chi connectivity index (χ3v) is 2.24. The molecule has 0 aliphatic heterocycles. The summed E-state index contributed by atoms with van der Waals surface area (Å²) in [6, 6.07) is 8.45. The van der Waals surface area contributed by atoms with Gasteiger partial charge in [-0.1, -0.05) is 23.7 Å². The number of aromatic carboxylic acids is 1. The van der Waals surface area contributed by atoms with Crippen LogP contribution in [-0.4, -0.2) is 50.6 Å². The number of nitrogens with zero attached hydrogens (tertiary/aromatic N) is 2. The van der Waals surface area contributed by atoms with Gasteiger partial charge in [0.1, 0.15) is 6.33 Å². The molecule has 0 atom stereocenters. The maximum Gasteiger partial charge on any atom is 0.354 e. The molecule has 0 fully saturated rings. The maximum absolute atomic E-state index is 10.7. The van der Waals surface area contributed by atoms with Gasteiger partial charge in [0, 0.05) is 40.1 Å². The molecule has 6 heteroatoms. The zero-order chi connectivity index (χ0) is 11.5. The zero-order valence-corrected chi connectivity index (χ0v) is 11.8. The fourth-order valence-electron chi connectivity index (χ4n) is 1.28. The van der Waals surface area contributed by atoms with Crippen molar-refractivity contribution in [1.82, 2.24) is 9.97 Å². The Kier molecular flexibility index (Phi) is 5.08. The first kappa shape index (κ1) is 14.1. The quantitative estimate of drug-likeness (QED) is 0.837. The summed E-state index contributed by atoms with van der Waals surface area (Å²) >= 11 is 5.84. The van der Waals surface area contributed by atoms with Gasteiger partial charge in [0.25, 0.3) is 0 Å². The maximum atomic E-state index is 10.7. The first-order valence-corrected chi connectivity index (χ1v) is 4.86. The largest absolute Gasteiger partial charge is 0.477 e. The molecule has 2 rings (SSSR count). The number of hydrogen-bond acceptors (Lipinski definition) is 3. The Morgan fingerprint density at radius 2 is 2.00 bits per heavy atom. The summed E-state index contributed by atoms with van der Waals surface area (Å²) in [4.78, 5) is 18.4. The van der Waals surface area contributed by atoms with Crippen molar-refractivity contribution in [2.45, 2.75) is 0 Å². The van der Waals surface area contributed by atoms with Crippen molar-refractivity contribution in [3.05, 3.63) is 47.4 Å². The van der Waals surface area contributed by atoms with Gasteiger partial charge in [-0.05, 0) is 18.2 Å². The number of carbonyl (C=O) groups is 1. The van der Waals surface area contributed by atoms with E-state index in [1.807, 2.05) is 0 Å². The van der Waals surface area contributed by atoms with Gasteiger partial charge in [-0.3, -0.25) is 0 Å². The predicted molar refractivity (Wildman–Crippen MR) is 65.2 cm³/mol. The number of aromatic nitrogens is 2. The van der Waals surface area contributed by atoms with E-state index in [9.17, 15) is 4.79 Å². The molecule has 1 radical (unpaired) electrons. The van der Waals surface area contributed by atoms with Crippen LogP contribution in [0.3, 0.4) is 0 Å². The second kappa shape index (κ2) is 6.12. The SMILES string of the molecule is O=C(O)c1cc(-c2cccc(Cl)c2)ncn1.[Na]. The van der Waals surface area contributed by atoms with E-state index in [1.165, 1.54) is 12.4 Å². The number of carboxylic acid groups (broad SMARTS) is 1. The van der Waals surface area contributed by atoms with E-state index in [-0.39, 0.29) is 35.3 Å². The number of carboxylic acids is 1. The molecule has 2 aromatic rings. The van der Waals surface area contributed by atoms with Crippen molar-refractivity contribution >= 4 is 47.1 Å². The summed E-state index contributed by atoms with van der Waals surface area (Å²) in [5.41, 5.74) is 1.26. The molecule has 81 valence electrons. The van der Waals surface area contributed by atoms with Crippen LogP contribution >= 0.6 is 11.6 Å². The fourth-order valence-corrected chi connectivity index (χ4v) is 1.47. The third-order valence-electron chi connectivity index (χ3n) is 2.01. The van der Waals surface area contributed by atoms with Gasteiger partial charge in [-0.15, -0.1) is 0 Å². The summed E-state index contributed by atoms with van der Waals surface area (Å²) in [7, 11) is 0. The molecule has 1 aromatic heterocycles. The van der Waals surface area contributed by atoms with Crippen molar-refractivity contribution in [3.63, 3.8) is 0 Å². The van der Waals surface area contributed by atoms with Crippen LogP contribution in [0, 0.1) is 0 Å². The van der Waals surface area contributed by atoms with E-state index in [0.29, 0.717) is 10.7 Å². The molecule has 1 N–H and O–H groups in total. The monoisotopic (exact) mass is 257 g/mol. The molecule has 0 unspecified atom stereocenters. The smallest absolute Gasteiger partial charge is 0.354 e. The van der Waals surface area contributed by atoms with E-state index in [2.05, 4.69) is 9.97 Å². The van der Waals surface area contributed by atoms with Gasteiger partial charge in [0.2, 0.25) is 0 Å². The third kappa shape index (κ3) is 3.51. The molecule has 0 bridgehead atoms. The summed E-state index contributed by atoms with van der Waals surface area (Å²) in [5.74, 6) is -1.08. The summed E-state index contributed by atoms with van der Waals surface area (Å²) < 4.78 is 0. The molecule has 0 spiro atoms. The van der Waals surface area contributed by atoms with E-state index in [1.54, 1.807) is 24.3 Å². The Morgan fingerprint density at radius 3 is 2.65 bits per heavy atom. The van der Waals surface area contributed by atoms with Crippen LogP contribution < -0.4 is 0 Å². The van der Waals surface area contributed by atoms with Crippen LogP contribution in [0.4, 0.5) is 0 Å². The molecule has 17 heavy (non-hydrogen) atoms. The number of rotatable bonds is 2. The number of hydrogen-bond donors (Lipinski definition) is 1. The Labute approximate surface area is 125 Å². The molecule has 4 nitrogen and oxygen atoms in total. The van der Waals surface area contributed by atoms with Gasteiger partial charge in [-0.25, -0.2) is 14.8 Å². The Bertz CT molecular complexity index is 548. The fraction of sp³-hybridized carbons (Fsp3) is 0. The number of benzene rings is 1. The van der Waals surface area contributed by atoms with Crippen LogP contribution in [0.2, 0.25) is 5.02 Å². The Balaban J connectivity index is 0.00000144. The molecule has 1 aromatic carbocycles.